The van der Waals surface area contributed by atoms with Crippen molar-refractivity contribution in [3.05, 3.63) is 54.1 Å². The molecule has 7 nitrogen and oxygen atoms in total. The fourth-order valence-corrected chi connectivity index (χ4v) is 3.70. The summed E-state index contributed by atoms with van der Waals surface area (Å²) in [5.41, 5.74) is 1.71. The maximum atomic E-state index is 12.8. The topological polar surface area (TPSA) is 79.9 Å². The first-order valence-electron chi connectivity index (χ1n) is 9.91. The van der Waals surface area contributed by atoms with Crippen LogP contribution in [0.2, 0.25) is 0 Å². The number of amides is 3. The maximum absolute atomic E-state index is 12.8. The number of para-hydroxylation sites is 1. The van der Waals surface area contributed by atoms with Gasteiger partial charge in [0.15, 0.2) is 11.5 Å². The van der Waals surface area contributed by atoms with Crippen LogP contribution < -0.4 is 20.1 Å². The van der Waals surface area contributed by atoms with Gasteiger partial charge in [-0.05, 0) is 49.6 Å². The van der Waals surface area contributed by atoms with E-state index in [2.05, 4.69) is 10.6 Å². The number of benzene rings is 2. The van der Waals surface area contributed by atoms with Crippen molar-refractivity contribution in [3.63, 3.8) is 0 Å². The predicted molar refractivity (Wildman–Crippen MR) is 109 cm³/mol. The average Bonchev–Trinajstić information content (AvgIpc) is 3.22. The maximum Gasteiger partial charge on any atom is 0.321 e. The largest absolute Gasteiger partial charge is 0.454 e. The molecule has 2 aliphatic heterocycles. The molecular formula is C22H25N3O4. The van der Waals surface area contributed by atoms with Gasteiger partial charge >= 0.3 is 6.03 Å². The molecule has 2 heterocycles. The molecular weight excluding hydrogens is 370 g/mol. The van der Waals surface area contributed by atoms with Gasteiger partial charge < -0.3 is 25.0 Å². The van der Waals surface area contributed by atoms with Crippen molar-refractivity contribution in [2.75, 3.05) is 25.2 Å². The Morgan fingerprint density at radius 2 is 1.90 bits per heavy atom. The number of carbonyl (C=O) groups is 2. The Kier molecular flexibility index (Phi) is 5.55. The second-order valence-corrected chi connectivity index (χ2v) is 7.42. The molecule has 7 heteroatoms. The summed E-state index contributed by atoms with van der Waals surface area (Å²) in [5.74, 6) is 1.17. The molecule has 3 amide bonds. The first kappa shape index (κ1) is 19.1. The predicted octanol–water partition coefficient (Wildman–Crippen LogP) is 3.54. The quantitative estimate of drug-likeness (QED) is 0.830. The second-order valence-electron chi connectivity index (χ2n) is 7.42. The van der Waals surface area contributed by atoms with Crippen molar-refractivity contribution in [3.8, 4) is 11.5 Å². The Balaban J connectivity index is 1.34. The number of nitrogens with one attached hydrogen (secondary N) is 2. The van der Waals surface area contributed by atoms with Crippen LogP contribution in [0.3, 0.4) is 0 Å². The molecule has 2 unspecified atom stereocenters. The molecule has 2 aliphatic rings. The first-order chi connectivity index (χ1) is 14.1. The van der Waals surface area contributed by atoms with Crippen molar-refractivity contribution in [2.24, 2.45) is 5.92 Å². The van der Waals surface area contributed by atoms with Crippen LogP contribution in [0.1, 0.15) is 31.4 Å². The van der Waals surface area contributed by atoms with Gasteiger partial charge in [0.25, 0.3) is 0 Å². The lowest BCUT2D eigenvalue weighted by molar-refractivity contribution is -0.126. The monoisotopic (exact) mass is 395 g/mol. The minimum atomic E-state index is -0.221. The molecule has 0 bridgehead atoms. The molecule has 2 aromatic carbocycles. The summed E-state index contributed by atoms with van der Waals surface area (Å²) >= 11 is 0. The molecule has 0 spiro atoms. The van der Waals surface area contributed by atoms with Gasteiger partial charge in [-0.15, -0.1) is 0 Å². The van der Waals surface area contributed by atoms with Crippen LogP contribution in [-0.2, 0) is 4.79 Å². The van der Waals surface area contributed by atoms with Gasteiger partial charge in [-0.25, -0.2) is 4.79 Å². The lowest BCUT2D eigenvalue weighted by Crippen LogP contribution is -2.47. The number of carbonyl (C=O) groups excluding carboxylic acids is 2. The number of urea groups is 1. The van der Waals surface area contributed by atoms with E-state index < -0.39 is 0 Å². The van der Waals surface area contributed by atoms with Crippen LogP contribution in [0.15, 0.2) is 48.5 Å². The van der Waals surface area contributed by atoms with Crippen LogP contribution in [-0.4, -0.2) is 36.7 Å². The standard InChI is InChI=1S/C22H25N3O4/c1-15(16-9-10-19-20(12-16)29-14-28-19)23-21(26)17-6-5-11-25(13-17)22(27)24-18-7-3-2-4-8-18/h2-4,7-10,12,15,17H,5-6,11,13-14H2,1H3,(H,23,26)(H,24,27). The summed E-state index contributed by atoms with van der Waals surface area (Å²) in [6.07, 6.45) is 1.58. The van der Waals surface area contributed by atoms with Gasteiger partial charge in [0, 0.05) is 18.8 Å². The molecule has 0 radical (unpaired) electrons. The highest BCUT2D eigenvalue weighted by molar-refractivity contribution is 5.90. The zero-order valence-corrected chi connectivity index (χ0v) is 16.4. The van der Waals surface area contributed by atoms with Crippen LogP contribution in [0.5, 0.6) is 11.5 Å². The van der Waals surface area contributed by atoms with E-state index in [1.54, 1.807) is 4.90 Å². The molecule has 0 aliphatic carbocycles. The van der Waals surface area contributed by atoms with E-state index in [0.717, 1.165) is 29.8 Å². The molecule has 2 aromatic rings. The van der Waals surface area contributed by atoms with E-state index in [0.29, 0.717) is 18.8 Å². The molecule has 2 atom stereocenters. The van der Waals surface area contributed by atoms with E-state index in [-0.39, 0.29) is 30.7 Å². The molecule has 29 heavy (non-hydrogen) atoms. The highest BCUT2D eigenvalue weighted by Gasteiger charge is 2.29. The van der Waals surface area contributed by atoms with Crippen LogP contribution in [0.25, 0.3) is 0 Å². The molecule has 1 fully saturated rings. The minimum Gasteiger partial charge on any atom is -0.454 e. The number of hydrogen-bond acceptors (Lipinski definition) is 4. The smallest absolute Gasteiger partial charge is 0.321 e. The van der Waals surface area contributed by atoms with Crippen molar-refractivity contribution in [2.45, 2.75) is 25.8 Å². The summed E-state index contributed by atoms with van der Waals surface area (Å²) in [4.78, 5) is 27.1. The number of anilines is 1. The van der Waals surface area contributed by atoms with E-state index in [9.17, 15) is 9.59 Å². The third-order valence-corrected chi connectivity index (χ3v) is 5.36. The highest BCUT2D eigenvalue weighted by Crippen LogP contribution is 2.34. The van der Waals surface area contributed by atoms with Gasteiger partial charge in [-0.3, -0.25) is 4.79 Å². The van der Waals surface area contributed by atoms with Crippen molar-refractivity contribution in [1.82, 2.24) is 10.2 Å². The number of hydrogen-bond donors (Lipinski definition) is 2. The number of piperidine rings is 1. The molecule has 0 aromatic heterocycles. The summed E-state index contributed by atoms with van der Waals surface area (Å²) in [7, 11) is 0. The zero-order valence-electron chi connectivity index (χ0n) is 16.4. The molecule has 2 N–H and O–H groups in total. The first-order valence-corrected chi connectivity index (χ1v) is 9.91. The number of nitrogens with zero attached hydrogens (tertiary/aromatic N) is 1. The van der Waals surface area contributed by atoms with E-state index in [1.165, 1.54) is 0 Å². The fourth-order valence-electron chi connectivity index (χ4n) is 3.70. The minimum absolute atomic E-state index is 0.0348. The second kappa shape index (κ2) is 8.43. The van der Waals surface area contributed by atoms with Gasteiger partial charge in [0.1, 0.15) is 0 Å². The molecule has 152 valence electrons. The summed E-state index contributed by atoms with van der Waals surface area (Å²) in [6, 6.07) is 14.7. The van der Waals surface area contributed by atoms with E-state index in [1.807, 2.05) is 55.5 Å². The number of ether oxygens (including phenoxy) is 2. The van der Waals surface area contributed by atoms with Gasteiger partial charge in [0.2, 0.25) is 12.7 Å². The molecule has 0 saturated carbocycles. The number of fused-ring (bicyclic) bond motifs is 1. The van der Waals surface area contributed by atoms with Crippen LogP contribution in [0.4, 0.5) is 10.5 Å². The Bertz CT molecular complexity index is 887. The molecule has 4 rings (SSSR count). The van der Waals surface area contributed by atoms with E-state index >= 15 is 0 Å². The summed E-state index contributed by atoms with van der Waals surface area (Å²) < 4.78 is 10.7. The van der Waals surface area contributed by atoms with Gasteiger partial charge in [-0.2, -0.15) is 0 Å². The normalized spacial score (nSPS) is 18.8. The van der Waals surface area contributed by atoms with Gasteiger partial charge in [-0.1, -0.05) is 24.3 Å². The summed E-state index contributed by atoms with van der Waals surface area (Å²) in [5, 5.41) is 5.96. The van der Waals surface area contributed by atoms with E-state index in [4.69, 9.17) is 9.47 Å². The number of rotatable bonds is 4. The van der Waals surface area contributed by atoms with Crippen molar-refractivity contribution < 1.29 is 19.1 Å². The van der Waals surface area contributed by atoms with Gasteiger partial charge in [0.05, 0.1) is 12.0 Å². The highest BCUT2D eigenvalue weighted by atomic mass is 16.7. The Morgan fingerprint density at radius 3 is 2.72 bits per heavy atom. The van der Waals surface area contributed by atoms with Crippen molar-refractivity contribution >= 4 is 17.6 Å². The SMILES string of the molecule is CC(NC(=O)C1CCCN(C(=O)Nc2ccccc2)C1)c1ccc2c(c1)OCO2. The number of likely N-dealkylation sites (tertiary alicyclic amines) is 1. The average molecular weight is 395 g/mol. The Labute approximate surface area is 170 Å². The van der Waals surface area contributed by atoms with Crippen LogP contribution in [0, 0.1) is 5.92 Å². The lowest BCUT2D eigenvalue weighted by Gasteiger charge is -2.32. The third-order valence-electron chi connectivity index (χ3n) is 5.36. The fraction of sp³-hybridized carbons (Fsp3) is 0.364. The zero-order chi connectivity index (χ0) is 20.2. The third kappa shape index (κ3) is 4.45. The molecule has 1 saturated heterocycles. The Morgan fingerprint density at radius 1 is 1.10 bits per heavy atom. The Hall–Kier alpha value is -3.22. The summed E-state index contributed by atoms with van der Waals surface area (Å²) in [6.45, 7) is 3.24. The van der Waals surface area contributed by atoms with Crippen LogP contribution >= 0.6 is 0 Å². The lowest BCUT2D eigenvalue weighted by atomic mass is 9.96. The van der Waals surface area contributed by atoms with Crippen molar-refractivity contribution in [1.29, 1.82) is 0 Å².